The Morgan fingerprint density at radius 2 is 1.94 bits per heavy atom. The summed E-state index contributed by atoms with van der Waals surface area (Å²) in [4.78, 5) is 11.7. The Hall–Kier alpha value is -0.570. The van der Waals surface area contributed by atoms with Crippen LogP contribution in [0.2, 0.25) is 0 Å². The standard InChI is InChI=1S/C13H26N2O/c1-11(14)7-6-10-13(16)15-12-8-4-2-3-5-9-12/h11-12H,2-10,14H2,1H3,(H,15,16). The summed E-state index contributed by atoms with van der Waals surface area (Å²) >= 11 is 0. The molecule has 1 unspecified atom stereocenters. The number of hydrogen-bond acceptors (Lipinski definition) is 2. The zero-order chi connectivity index (χ0) is 11.8. The van der Waals surface area contributed by atoms with Crippen LogP contribution in [0.25, 0.3) is 0 Å². The van der Waals surface area contributed by atoms with Crippen molar-refractivity contribution in [3.05, 3.63) is 0 Å². The molecule has 1 aliphatic rings. The second-order valence-corrected chi connectivity index (χ2v) is 5.13. The lowest BCUT2D eigenvalue weighted by atomic mass is 10.1. The molecule has 3 nitrogen and oxygen atoms in total. The Labute approximate surface area is 99.2 Å². The maximum Gasteiger partial charge on any atom is 0.220 e. The minimum Gasteiger partial charge on any atom is -0.353 e. The normalized spacial score (nSPS) is 20.1. The average molecular weight is 226 g/mol. The van der Waals surface area contributed by atoms with Crippen LogP contribution in [0, 0.1) is 0 Å². The predicted octanol–water partition coefficient (Wildman–Crippen LogP) is 2.34. The summed E-state index contributed by atoms with van der Waals surface area (Å²) in [6.45, 7) is 1.99. The maximum absolute atomic E-state index is 11.7. The lowest BCUT2D eigenvalue weighted by Gasteiger charge is -2.16. The van der Waals surface area contributed by atoms with E-state index in [9.17, 15) is 4.79 Å². The quantitative estimate of drug-likeness (QED) is 0.707. The van der Waals surface area contributed by atoms with Crippen LogP contribution in [0.3, 0.4) is 0 Å². The third-order valence-corrected chi connectivity index (χ3v) is 3.28. The van der Waals surface area contributed by atoms with E-state index in [1.165, 1.54) is 38.5 Å². The highest BCUT2D eigenvalue weighted by molar-refractivity contribution is 5.76. The van der Waals surface area contributed by atoms with Gasteiger partial charge in [0.1, 0.15) is 0 Å². The largest absolute Gasteiger partial charge is 0.353 e. The monoisotopic (exact) mass is 226 g/mol. The topological polar surface area (TPSA) is 55.1 Å². The minimum absolute atomic E-state index is 0.214. The lowest BCUT2D eigenvalue weighted by Crippen LogP contribution is -2.34. The fourth-order valence-electron chi connectivity index (χ4n) is 2.31. The summed E-state index contributed by atoms with van der Waals surface area (Å²) in [5.74, 6) is 0.215. The minimum atomic E-state index is 0.214. The maximum atomic E-state index is 11.7. The van der Waals surface area contributed by atoms with Crippen LogP contribution >= 0.6 is 0 Å². The van der Waals surface area contributed by atoms with E-state index in [0.29, 0.717) is 12.5 Å². The number of nitrogens with one attached hydrogen (secondary N) is 1. The molecule has 0 spiro atoms. The van der Waals surface area contributed by atoms with E-state index < -0.39 is 0 Å². The molecule has 0 aromatic rings. The Bertz CT molecular complexity index is 196. The van der Waals surface area contributed by atoms with Gasteiger partial charge in [0.25, 0.3) is 0 Å². The fourth-order valence-corrected chi connectivity index (χ4v) is 2.31. The van der Waals surface area contributed by atoms with Gasteiger partial charge in [0.15, 0.2) is 0 Å². The molecule has 0 bridgehead atoms. The van der Waals surface area contributed by atoms with Gasteiger partial charge in [-0.2, -0.15) is 0 Å². The number of nitrogens with two attached hydrogens (primary N) is 1. The van der Waals surface area contributed by atoms with E-state index in [0.717, 1.165) is 12.8 Å². The molecular formula is C13H26N2O. The van der Waals surface area contributed by atoms with Gasteiger partial charge in [-0.25, -0.2) is 0 Å². The zero-order valence-electron chi connectivity index (χ0n) is 10.5. The number of carbonyl (C=O) groups excluding carboxylic acids is 1. The van der Waals surface area contributed by atoms with Crippen LogP contribution in [0.15, 0.2) is 0 Å². The van der Waals surface area contributed by atoms with Crippen LogP contribution in [-0.2, 0) is 4.79 Å². The highest BCUT2D eigenvalue weighted by atomic mass is 16.1. The first-order valence-corrected chi connectivity index (χ1v) is 6.73. The molecule has 16 heavy (non-hydrogen) atoms. The number of amides is 1. The van der Waals surface area contributed by atoms with Gasteiger partial charge in [-0.3, -0.25) is 4.79 Å². The summed E-state index contributed by atoms with van der Waals surface area (Å²) in [5, 5.41) is 3.15. The predicted molar refractivity (Wildman–Crippen MR) is 67.1 cm³/mol. The van der Waals surface area contributed by atoms with Crippen molar-refractivity contribution in [3.63, 3.8) is 0 Å². The lowest BCUT2D eigenvalue weighted by molar-refractivity contribution is -0.122. The van der Waals surface area contributed by atoms with Crippen molar-refractivity contribution >= 4 is 5.91 Å². The van der Waals surface area contributed by atoms with Crippen molar-refractivity contribution in [3.8, 4) is 0 Å². The van der Waals surface area contributed by atoms with E-state index in [2.05, 4.69) is 5.32 Å². The smallest absolute Gasteiger partial charge is 0.220 e. The molecule has 0 aromatic carbocycles. The molecule has 1 aliphatic carbocycles. The van der Waals surface area contributed by atoms with Gasteiger partial charge < -0.3 is 11.1 Å². The summed E-state index contributed by atoms with van der Waals surface area (Å²) in [7, 11) is 0. The fraction of sp³-hybridized carbons (Fsp3) is 0.923. The summed E-state index contributed by atoms with van der Waals surface area (Å²) in [5.41, 5.74) is 5.65. The van der Waals surface area contributed by atoms with Gasteiger partial charge in [0, 0.05) is 18.5 Å². The van der Waals surface area contributed by atoms with E-state index in [1.54, 1.807) is 0 Å². The van der Waals surface area contributed by atoms with Crippen LogP contribution in [0.5, 0.6) is 0 Å². The Morgan fingerprint density at radius 1 is 1.31 bits per heavy atom. The van der Waals surface area contributed by atoms with Gasteiger partial charge >= 0.3 is 0 Å². The summed E-state index contributed by atoms with van der Waals surface area (Å²) in [6.07, 6.45) is 10.0. The van der Waals surface area contributed by atoms with Crippen LogP contribution in [0.4, 0.5) is 0 Å². The number of carbonyl (C=O) groups is 1. The molecule has 0 saturated heterocycles. The van der Waals surface area contributed by atoms with Crippen LogP contribution in [-0.4, -0.2) is 18.0 Å². The molecule has 3 heteroatoms. The molecule has 0 radical (unpaired) electrons. The van der Waals surface area contributed by atoms with Crippen molar-refractivity contribution in [1.82, 2.24) is 5.32 Å². The Kier molecular flexibility index (Phi) is 6.46. The molecular weight excluding hydrogens is 200 g/mol. The molecule has 1 amide bonds. The number of rotatable bonds is 5. The second-order valence-electron chi connectivity index (χ2n) is 5.13. The first kappa shape index (κ1) is 13.5. The highest BCUT2D eigenvalue weighted by Gasteiger charge is 2.14. The first-order chi connectivity index (χ1) is 7.68. The highest BCUT2D eigenvalue weighted by Crippen LogP contribution is 2.17. The molecule has 0 aliphatic heterocycles. The van der Waals surface area contributed by atoms with E-state index in [4.69, 9.17) is 5.73 Å². The van der Waals surface area contributed by atoms with Gasteiger partial charge in [-0.1, -0.05) is 25.7 Å². The van der Waals surface area contributed by atoms with Crippen molar-refractivity contribution < 1.29 is 4.79 Å². The molecule has 1 atom stereocenters. The Balaban J connectivity index is 2.12. The van der Waals surface area contributed by atoms with Gasteiger partial charge in [-0.05, 0) is 32.6 Å². The molecule has 3 N–H and O–H groups in total. The third-order valence-electron chi connectivity index (χ3n) is 3.28. The molecule has 1 fully saturated rings. The zero-order valence-corrected chi connectivity index (χ0v) is 10.5. The van der Waals surface area contributed by atoms with Gasteiger partial charge in [0.05, 0.1) is 0 Å². The van der Waals surface area contributed by atoms with E-state index >= 15 is 0 Å². The molecule has 94 valence electrons. The summed E-state index contributed by atoms with van der Waals surface area (Å²) < 4.78 is 0. The molecule has 1 saturated carbocycles. The molecule has 0 aromatic heterocycles. The number of hydrogen-bond donors (Lipinski definition) is 2. The van der Waals surface area contributed by atoms with Crippen molar-refractivity contribution in [2.45, 2.75) is 76.8 Å². The van der Waals surface area contributed by atoms with Crippen molar-refractivity contribution in [2.75, 3.05) is 0 Å². The van der Waals surface area contributed by atoms with E-state index in [1.807, 2.05) is 6.92 Å². The average Bonchev–Trinajstić information content (AvgIpc) is 2.45. The second kappa shape index (κ2) is 7.66. The van der Waals surface area contributed by atoms with Crippen molar-refractivity contribution in [2.24, 2.45) is 5.73 Å². The SMILES string of the molecule is CC(N)CCCC(=O)NC1CCCCCC1. The third kappa shape index (κ3) is 6.11. The van der Waals surface area contributed by atoms with Crippen LogP contribution < -0.4 is 11.1 Å². The van der Waals surface area contributed by atoms with E-state index in [-0.39, 0.29) is 11.9 Å². The van der Waals surface area contributed by atoms with Gasteiger partial charge in [-0.15, -0.1) is 0 Å². The van der Waals surface area contributed by atoms with Crippen LogP contribution in [0.1, 0.15) is 64.7 Å². The first-order valence-electron chi connectivity index (χ1n) is 6.73. The van der Waals surface area contributed by atoms with Gasteiger partial charge in [0.2, 0.25) is 5.91 Å². The molecule has 0 heterocycles. The Morgan fingerprint density at radius 3 is 2.50 bits per heavy atom. The summed E-state index contributed by atoms with van der Waals surface area (Å²) in [6, 6.07) is 0.649. The molecule has 1 rings (SSSR count). The van der Waals surface area contributed by atoms with Crippen molar-refractivity contribution in [1.29, 1.82) is 0 Å².